The number of rotatable bonds is 10. The van der Waals surface area contributed by atoms with E-state index in [2.05, 4.69) is 45.6 Å². The Morgan fingerprint density at radius 3 is 2.68 bits per heavy atom. The van der Waals surface area contributed by atoms with Crippen LogP contribution in [0, 0.1) is 5.92 Å². The van der Waals surface area contributed by atoms with E-state index in [1.54, 1.807) is 6.33 Å². The number of unbranched alkanes of at least 4 members (excludes halogenated alkanes) is 1. The first-order valence-corrected chi connectivity index (χ1v) is 10.9. The molecule has 0 radical (unpaired) electrons. The third-order valence-corrected chi connectivity index (χ3v) is 5.43. The first-order chi connectivity index (χ1) is 13.6. The fraction of sp³-hybridized carbons (Fsp3) is 0.762. The average molecular weight is 389 g/mol. The second-order valence-electron chi connectivity index (χ2n) is 8.40. The molecule has 0 saturated carbocycles. The number of nitrogens with one attached hydrogen (secondary N) is 1. The number of hydrogen-bond acceptors (Lipinski definition) is 6. The summed E-state index contributed by atoms with van der Waals surface area (Å²) in [6.07, 6.45) is 7.59. The van der Waals surface area contributed by atoms with E-state index in [0.717, 1.165) is 93.8 Å². The van der Waals surface area contributed by atoms with Crippen LogP contribution < -0.4 is 5.32 Å². The van der Waals surface area contributed by atoms with E-state index in [9.17, 15) is 5.11 Å². The Hall–Kier alpha value is -1.73. The number of aliphatic hydroxyl groups excluding tert-OH is 1. The first-order valence-electron chi connectivity index (χ1n) is 10.9. The number of fused-ring (bicyclic) bond motifs is 1. The van der Waals surface area contributed by atoms with Crippen molar-refractivity contribution in [2.45, 2.75) is 71.9 Å². The third-order valence-electron chi connectivity index (χ3n) is 5.43. The van der Waals surface area contributed by atoms with E-state index in [-0.39, 0.29) is 6.10 Å². The van der Waals surface area contributed by atoms with Crippen LogP contribution >= 0.6 is 0 Å². The normalized spacial score (nSPS) is 16.3. The van der Waals surface area contributed by atoms with Gasteiger partial charge in [-0.05, 0) is 44.6 Å². The quantitative estimate of drug-likeness (QED) is 0.609. The maximum atomic E-state index is 9.63. The summed E-state index contributed by atoms with van der Waals surface area (Å²) >= 11 is 0. The summed E-state index contributed by atoms with van der Waals surface area (Å²) < 4.78 is 2.06. The van der Waals surface area contributed by atoms with Crippen molar-refractivity contribution < 1.29 is 5.11 Å². The molecule has 2 N–H and O–H groups in total. The highest BCUT2D eigenvalue weighted by Crippen LogP contribution is 2.26. The molecule has 1 aliphatic heterocycles. The zero-order valence-electron chi connectivity index (χ0n) is 17.7. The molecule has 0 aliphatic carbocycles. The van der Waals surface area contributed by atoms with Gasteiger partial charge in [0.25, 0.3) is 0 Å². The highest BCUT2D eigenvalue weighted by atomic mass is 16.3. The van der Waals surface area contributed by atoms with E-state index < -0.39 is 0 Å². The van der Waals surface area contributed by atoms with E-state index >= 15 is 0 Å². The number of aryl methyl sites for hydroxylation is 1. The van der Waals surface area contributed by atoms with Crippen LogP contribution in [0.1, 0.15) is 58.6 Å². The number of hydrogen-bond donors (Lipinski definition) is 2. The topological polar surface area (TPSA) is 79.1 Å². The minimum atomic E-state index is -0.104. The summed E-state index contributed by atoms with van der Waals surface area (Å²) in [7, 11) is 0. The summed E-state index contributed by atoms with van der Waals surface area (Å²) in [6.45, 7) is 11.5. The van der Waals surface area contributed by atoms with Crippen LogP contribution in [0.15, 0.2) is 6.33 Å². The molecule has 0 amide bonds. The maximum absolute atomic E-state index is 9.63. The lowest BCUT2D eigenvalue weighted by molar-refractivity contribution is 0.0825. The average Bonchev–Trinajstić information content (AvgIpc) is 3.02. The molecule has 2 aromatic heterocycles. The predicted molar refractivity (Wildman–Crippen MR) is 114 cm³/mol. The molecule has 0 unspecified atom stereocenters. The second-order valence-corrected chi connectivity index (χ2v) is 8.40. The lowest BCUT2D eigenvalue weighted by Crippen LogP contribution is -2.36. The molecule has 0 bridgehead atoms. The molecule has 0 aromatic carbocycles. The first kappa shape index (κ1) is 21.0. The Balaban J connectivity index is 1.67. The number of likely N-dealkylation sites (tertiary alicyclic amines) is 1. The van der Waals surface area contributed by atoms with E-state index in [4.69, 9.17) is 5.10 Å². The van der Waals surface area contributed by atoms with Gasteiger partial charge in [0, 0.05) is 26.2 Å². The highest BCUT2D eigenvalue weighted by molar-refractivity contribution is 5.89. The summed E-state index contributed by atoms with van der Waals surface area (Å²) in [5, 5.41) is 19.1. The molecular weight excluding hydrogens is 352 g/mol. The number of piperidine rings is 1. The van der Waals surface area contributed by atoms with Crippen LogP contribution in [0.25, 0.3) is 11.0 Å². The van der Waals surface area contributed by atoms with Crippen molar-refractivity contribution in [2.24, 2.45) is 5.92 Å². The van der Waals surface area contributed by atoms with E-state index in [1.807, 2.05) is 0 Å². The third kappa shape index (κ3) is 5.41. The van der Waals surface area contributed by atoms with Crippen molar-refractivity contribution in [1.29, 1.82) is 0 Å². The standard InChI is InChI=1S/C21H36N6O/c1-4-5-11-27-21-19(18(25-27)14-16(2)3)20(23-15-24-21)22-9-6-10-26-12-7-17(28)8-13-26/h15-17,28H,4-14H2,1-3H3,(H,22,23,24). The summed E-state index contributed by atoms with van der Waals surface area (Å²) in [5.74, 6) is 1.46. The SMILES string of the molecule is CCCCn1nc(CC(C)C)c2c(NCCCN3CCC(O)CC3)ncnc21. The van der Waals surface area contributed by atoms with Gasteiger partial charge in [0.15, 0.2) is 5.65 Å². The van der Waals surface area contributed by atoms with Gasteiger partial charge in [-0.15, -0.1) is 0 Å². The molecule has 156 valence electrons. The molecule has 0 spiro atoms. The molecular formula is C21H36N6O. The molecule has 7 heteroatoms. The van der Waals surface area contributed by atoms with Crippen LogP contribution in [0.2, 0.25) is 0 Å². The molecule has 1 aliphatic rings. The Morgan fingerprint density at radius 2 is 1.96 bits per heavy atom. The molecule has 1 fully saturated rings. The van der Waals surface area contributed by atoms with E-state index in [1.165, 1.54) is 0 Å². The number of nitrogens with zero attached hydrogens (tertiary/aromatic N) is 5. The zero-order chi connectivity index (χ0) is 19.9. The van der Waals surface area contributed by atoms with Crippen molar-refractivity contribution in [3.05, 3.63) is 12.0 Å². The van der Waals surface area contributed by atoms with Crippen molar-refractivity contribution in [1.82, 2.24) is 24.6 Å². The zero-order valence-corrected chi connectivity index (χ0v) is 17.7. The van der Waals surface area contributed by atoms with Crippen molar-refractivity contribution in [3.63, 3.8) is 0 Å². The maximum Gasteiger partial charge on any atom is 0.163 e. The lowest BCUT2D eigenvalue weighted by atomic mass is 10.1. The molecule has 1 saturated heterocycles. The second kappa shape index (κ2) is 10.2. The Labute approximate surface area is 168 Å². The van der Waals surface area contributed by atoms with Crippen LogP contribution in [0.5, 0.6) is 0 Å². The Morgan fingerprint density at radius 1 is 1.18 bits per heavy atom. The number of aliphatic hydroxyl groups is 1. The van der Waals surface area contributed by atoms with Gasteiger partial charge in [0.1, 0.15) is 12.1 Å². The number of anilines is 1. The molecule has 2 aromatic rings. The monoisotopic (exact) mass is 388 g/mol. The van der Waals surface area contributed by atoms with Crippen molar-refractivity contribution in [3.8, 4) is 0 Å². The van der Waals surface area contributed by atoms with Crippen LogP contribution in [-0.2, 0) is 13.0 Å². The van der Waals surface area contributed by atoms with Crippen molar-refractivity contribution >= 4 is 16.9 Å². The largest absolute Gasteiger partial charge is 0.393 e. The smallest absolute Gasteiger partial charge is 0.163 e. The minimum Gasteiger partial charge on any atom is -0.393 e. The molecule has 0 atom stereocenters. The van der Waals surface area contributed by atoms with Gasteiger partial charge < -0.3 is 15.3 Å². The molecule has 7 nitrogen and oxygen atoms in total. The summed E-state index contributed by atoms with van der Waals surface area (Å²) in [4.78, 5) is 11.5. The molecule has 3 rings (SSSR count). The fourth-order valence-corrected chi connectivity index (χ4v) is 3.86. The number of aromatic nitrogens is 4. The highest BCUT2D eigenvalue weighted by Gasteiger charge is 2.18. The Bertz CT molecular complexity index is 736. The predicted octanol–water partition coefficient (Wildman–Crippen LogP) is 3.08. The summed E-state index contributed by atoms with van der Waals surface area (Å²) in [6, 6.07) is 0. The molecule has 3 heterocycles. The summed E-state index contributed by atoms with van der Waals surface area (Å²) in [5.41, 5.74) is 2.06. The fourth-order valence-electron chi connectivity index (χ4n) is 3.86. The van der Waals surface area contributed by atoms with Crippen LogP contribution in [0.3, 0.4) is 0 Å². The van der Waals surface area contributed by atoms with Gasteiger partial charge in [-0.1, -0.05) is 27.2 Å². The van der Waals surface area contributed by atoms with Crippen LogP contribution in [-0.4, -0.2) is 62.0 Å². The van der Waals surface area contributed by atoms with Gasteiger partial charge in [-0.25, -0.2) is 14.6 Å². The van der Waals surface area contributed by atoms with E-state index in [0.29, 0.717) is 5.92 Å². The lowest BCUT2D eigenvalue weighted by Gasteiger charge is -2.29. The van der Waals surface area contributed by atoms with Gasteiger partial charge in [0.2, 0.25) is 0 Å². The van der Waals surface area contributed by atoms with Gasteiger partial charge >= 0.3 is 0 Å². The van der Waals surface area contributed by atoms with Crippen LogP contribution in [0.4, 0.5) is 5.82 Å². The van der Waals surface area contributed by atoms with Gasteiger partial charge in [0.05, 0.1) is 17.2 Å². The minimum absolute atomic E-state index is 0.104. The van der Waals surface area contributed by atoms with Gasteiger partial charge in [-0.2, -0.15) is 5.10 Å². The Kier molecular flexibility index (Phi) is 7.62. The van der Waals surface area contributed by atoms with Crippen molar-refractivity contribution in [2.75, 3.05) is 31.5 Å². The molecule has 28 heavy (non-hydrogen) atoms. The van der Waals surface area contributed by atoms with Gasteiger partial charge in [-0.3, -0.25) is 0 Å².